The first kappa shape index (κ1) is 17.7. The summed E-state index contributed by atoms with van der Waals surface area (Å²) in [7, 11) is 1.71. The summed E-state index contributed by atoms with van der Waals surface area (Å²) in [4.78, 5) is 13.7. The number of amides is 1. The summed E-state index contributed by atoms with van der Waals surface area (Å²) in [5.41, 5.74) is -0.254. The van der Waals surface area contributed by atoms with Crippen molar-refractivity contribution in [3.8, 4) is 0 Å². The Morgan fingerprint density at radius 1 is 1.39 bits per heavy atom. The molecule has 1 aromatic rings. The Hall–Kier alpha value is -1.69. The van der Waals surface area contributed by atoms with E-state index in [1.807, 2.05) is 20.8 Å². The number of carbonyl (C=O) groups is 1. The van der Waals surface area contributed by atoms with Crippen molar-refractivity contribution in [3.63, 3.8) is 0 Å². The maximum atomic E-state index is 14.0. The molecule has 2 unspecified atom stereocenters. The van der Waals surface area contributed by atoms with Crippen molar-refractivity contribution in [1.82, 2.24) is 10.2 Å². The van der Waals surface area contributed by atoms with E-state index < -0.39 is 17.2 Å². The molecule has 6 heteroatoms. The summed E-state index contributed by atoms with van der Waals surface area (Å²) >= 11 is 0. The molecule has 0 aliphatic carbocycles. The van der Waals surface area contributed by atoms with Crippen molar-refractivity contribution >= 4 is 6.09 Å². The molecule has 0 saturated carbocycles. The molecule has 1 aromatic carbocycles. The fraction of sp³-hybridized carbons (Fsp3) is 0.588. The Morgan fingerprint density at radius 3 is 2.70 bits per heavy atom. The van der Waals surface area contributed by atoms with E-state index >= 15 is 0 Å². The second kappa shape index (κ2) is 6.83. The number of benzene rings is 1. The molecule has 0 aromatic heterocycles. The molecule has 23 heavy (non-hydrogen) atoms. The Labute approximate surface area is 135 Å². The van der Waals surface area contributed by atoms with Gasteiger partial charge in [0.05, 0.1) is 0 Å². The summed E-state index contributed by atoms with van der Waals surface area (Å²) in [6.45, 7) is 6.45. The smallest absolute Gasteiger partial charge is 0.410 e. The summed E-state index contributed by atoms with van der Waals surface area (Å²) in [6.07, 6.45) is 0.343. The highest BCUT2D eigenvalue weighted by molar-refractivity contribution is 5.68. The highest BCUT2D eigenvalue weighted by Gasteiger charge is 2.35. The zero-order valence-corrected chi connectivity index (χ0v) is 14.0. The minimum Gasteiger partial charge on any atom is -0.444 e. The fourth-order valence-corrected chi connectivity index (χ4v) is 2.95. The van der Waals surface area contributed by atoms with Gasteiger partial charge in [-0.15, -0.1) is 0 Å². The van der Waals surface area contributed by atoms with Gasteiger partial charge in [0.15, 0.2) is 0 Å². The largest absolute Gasteiger partial charge is 0.444 e. The van der Waals surface area contributed by atoms with Crippen LogP contribution in [-0.4, -0.2) is 36.7 Å². The summed E-state index contributed by atoms with van der Waals surface area (Å²) in [6, 6.07) is 3.10. The van der Waals surface area contributed by atoms with Gasteiger partial charge < -0.3 is 15.0 Å². The monoisotopic (exact) mass is 326 g/mol. The molecule has 1 amide bonds. The van der Waals surface area contributed by atoms with E-state index in [4.69, 9.17) is 4.74 Å². The van der Waals surface area contributed by atoms with E-state index in [1.54, 1.807) is 11.9 Å². The first-order valence-electron chi connectivity index (χ1n) is 7.81. The maximum Gasteiger partial charge on any atom is 0.410 e. The van der Waals surface area contributed by atoms with Crippen LogP contribution in [0.15, 0.2) is 18.2 Å². The van der Waals surface area contributed by atoms with Crippen molar-refractivity contribution in [1.29, 1.82) is 0 Å². The van der Waals surface area contributed by atoms with Gasteiger partial charge in [0.2, 0.25) is 0 Å². The molecular weight excluding hydrogens is 302 g/mol. The molecule has 0 spiro atoms. The van der Waals surface area contributed by atoms with Gasteiger partial charge in [0, 0.05) is 24.7 Å². The maximum absolute atomic E-state index is 14.0. The zero-order valence-electron chi connectivity index (χ0n) is 14.0. The fourth-order valence-electron chi connectivity index (χ4n) is 2.95. The molecule has 2 atom stereocenters. The van der Waals surface area contributed by atoms with Crippen LogP contribution in [0.1, 0.15) is 38.8 Å². The van der Waals surface area contributed by atoms with Crippen LogP contribution >= 0.6 is 0 Å². The minimum absolute atomic E-state index is 0.00354. The van der Waals surface area contributed by atoms with Crippen LogP contribution in [-0.2, 0) is 4.74 Å². The lowest BCUT2D eigenvalue weighted by atomic mass is 9.92. The molecule has 2 rings (SSSR count). The van der Waals surface area contributed by atoms with Crippen molar-refractivity contribution in [3.05, 3.63) is 35.4 Å². The van der Waals surface area contributed by atoms with Gasteiger partial charge in [-0.2, -0.15) is 0 Å². The molecule has 4 nitrogen and oxygen atoms in total. The Bertz CT molecular complexity index is 572. The first-order valence-corrected chi connectivity index (χ1v) is 7.81. The Morgan fingerprint density at radius 2 is 2.09 bits per heavy atom. The average Bonchev–Trinajstić information content (AvgIpc) is 2.91. The third-order valence-electron chi connectivity index (χ3n) is 3.95. The number of nitrogens with zero attached hydrogens (tertiary/aromatic N) is 1. The molecule has 1 fully saturated rings. The number of halogens is 2. The second-order valence-corrected chi connectivity index (χ2v) is 6.91. The van der Waals surface area contributed by atoms with Gasteiger partial charge in [0.1, 0.15) is 17.2 Å². The molecule has 1 aliphatic rings. The lowest BCUT2D eigenvalue weighted by molar-refractivity contribution is 0.0285. The van der Waals surface area contributed by atoms with Gasteiger partial charge in [-0.05, 0) is 58.4 Å². The van der Waals surface area contributed by atoms with Crippen molar-refractivity contribution in [2.45, 2.75) is 38.8 Å². The molecule has 1 aliphatic heterocycles. The quantitative estimate of drug-likeness (QED) is 0.924. The van der Waals surface area contributed by atoms with Gasteiger partial charge in [-0.1, -0.05) is 0 Å². The molecule has 0 radical (unpaired) electrons. The van der Waals surface area contributed by atoms with E-state index in [-0.39, 0.29) is 18.1 Å². The third kappa shape index (κ3) is 4.41. The van der Waals surface area contributed by atoms with Crippen LogP contribution in [0.25, 0.3) is 0 Å². The van der Waals surface area contributed by atoms with E-state index in [0.29, 0.717) is 25.1 Å². The standard InChI is InChI=1S/C17H24F2N2O2/c1-17(2,3)23-16(22)21-8-7-11(10-21)15(20-4)13-9-12(18)5-6-14(13)19/h5-6,9,11,15,20H,7-8,10H2,1-4H3. The summed E-state index contributed by atoms with van der Waals surface area (Å²) in [5, 5.41) is 3.05. The number of carbonyl (C=O) groups excluding carboxylic acids is 1. The summed E-state index contributed by atoms with van der Waals surface area (Å²) < 4.78 is 32.8. The molecule has 128 valence electrons. The molecule has 1 heterocycles. The number of nitrogens with one attached hydrogen (secondary N) is 1. The van der Waals surface area contributed by atoms with Crippen molar-refractivity contribution < 1.29 is 18.3 Å². The van der Waals surface area contributed by atoms with Crippen LogP contribution in [0, 0.1) is 17.6 Å². The highest BCUT2D eigenvalue weighted by Crippen LogP contribution is 2.32. The second-order valence-electron chi connectivity index (χ2n) is 6.91. The number of ether oxygens (including phenoxy) is 1. The van der Waals surface area contributed by atoms with Gasteiger partial charge in [0.25, 0.3) is 0 Å². The number of likely N-dealkylation sites (tertiary alicyclic amines) is 1. The zero-order chi connectivity index (χ0) is 17.2. The van der Waals surface area contributed by atoms with Gasteiger partial charge in [-0.3, -0.25) is 0 Å². The Balaban J connectivity index is 2.10. The van der Waals surface area contributed by atoms with Crippen molar-refractivity contribution in [2.24, 2.45) is 5.92 Å². The summed E-state index contributed by atoms with van der Waals surface area (Å²) in [5.74, 6) is -0.908. The predicted octanol–water partition coefficient (Wildman–Crippen LogP) is 3.48. The van der Waals surface area contributed by atoms with E-state index in [0.717, 1.165) is 12.1 Å². The van der Waals surface area contributed by atoms with Crippen LogP contribution in [0.5, 0.6) is 0 Å². The molecular formula is C17H24F2N2O2. The van der Waals surface area contributed by atoms with Crippen LogP contribution in [0.3, 0.4) is 0 Å². The number of hydrogen-bond donors (Lipinski definition) is 1. The van der Waals surface area contributed by atoms with E-state index in [9.17, 15) is 13.6 Å². The van der Waals surface area contributed by atoms with Crippen LogP contribution in [0.4, 0.5) is 13.6 Å². The lowest BCUT2D eigenvalue weighted by Crippen LogP contribution is -2.36. The molecule has 1 saturated heterocycles. The minimum atomic E-state index is -0.549. The van der Waals surface area contributed by atoms with E-state index in [1.165, 1.54) is 6.07 Å². The third-order valence-corrected chi connectivity index (χ3v) is 3.95. The number of rotatable bonds is 3. The van der Waals surface area contributed by atoms with Crippen LogP contribution < -0.4 is 5.32 Å². The van der Waals surface area contributed by atoms with Crippen LogP contribution in [0.2, 0.25) is 0 Å². The molecule has 0 bridgehead atoms. The number of hydrogen-bond acceptors (Lipinski definition) is 3. The average molecular weight is 326 g/mol. The molecule has 1 N–H and O–H groups in total. The topological polar surface area (TPSA) is 41.6 Å². The predicted molar refractivity (Wildman–Crippen MR) is 84.1 cm³/mol. The highest BCUT2D eigenvalue weighted by atomic mass is 19.1. The van der Waals surface area contributed by atoms with E-state index in [2.05, 4.69) is 5.32 Å². The normalized spacial score (nSPS) is 19.7. The van der Waals surface area contributed by atoms with Gasteiger partial charge in [-0.25, -0.2) is 13.6 Å². The van der Waals surface area contributed by atoms with Gasteiger partial charge >= 0.3 is 6.09 Å². The first-order chi connectivity index (χ1) is 10.7. The van der Waals surface area contributed by atoms with Crippen molar-refractivity contribution in [2.75, 3.05) is 20.1 Å². The SMILES string of the molecule is CNC(c1cc(F)ccc1F)C1CCN(C(=O)OC(C)(C)C)C1. The lowest BCUT2D eigenvalue weighted by Gasteiger charge is -2.26. The Kier molecular flexibility index (Phi) is 5.24.